The van der Waals surface area contributed by atoms with Crippen molar-refractivity contribution in [2.75, 3.05) is 0 Å². The Hall–Kier alpha value is -7.62. The second-order valence-electron chi connectivity index (χ2n) is 15.3. The first kappa shape index (κ1) is 30.7. The molecule has 13 aromatic rings. The molecule has 0 bridgehead atoms. The van der Waals surface area contributed by atoms with E-state index in [9.17, 15) is 0 Å². The van der Waals surface area contributed by atoms with E-state index in [-0.39, 0.29) is 0 Å². The number of furan rings is 1. The summed E-state index contributed by atoms with van der Waals surface area (Å²) in [5.74, 6) is 0. The highest BCUT2D eigenvalue weighted by molar-refractivity contribution is 6.33. The molecule has 3 nitrogen and oxygen atoms in total. The molecule has 0 unspecified atom stereocenters. The van der Waals surface area contributed by atoms with Crippen molar-refractivity contribution in [3.8, 4) is 22.5 Å². The Morgan fingerprint density at radius 2 is 0.895 bits per heavy atom. The summed E-state index contributed by atoms with van der Waals surface area (Å²) < 4.78 is 11.5. The van der Waals surface area contributed by atoms with Crippen molar-refractivity contribution >= 4 is 97.9 Å². The van der Waals surface area contributed by atoms with E-state index >= 15 is 0 Å². The predicted octanol–water partition coefficient (Wildman–Crippen LogP) is 14.9. The van der Waals surface area contributed by atoms with Crippen LogP contribution in [0.15, 0.2) is 199 Å². The molecule has 3 heterocycles. The SMILES string of the molecule is c1ccc(-n2c3ccc4ccccc4c3c3c4c5ccccc5n(-c5cc(-c6ccc7c(c6)oc6cc8ccccc8cc67)c6ccccc6c5)c4ccc32)cc1. The number of hydrogen-bond acceptors (Lipinski definition) is 1. The first-order valence-corrected chi connectivity index (χ1v) is 19.6. The highest BCUT2D eigenvalue weighted by Crippen LogP contribution is 2.45. The first-order valence-electron chi connectivity index (χ1n) is 19.6. The number of nitrogens with zero attached hydrogens (tertiary/aromatic N) is 2. The summed E-state index contributed by atoms with van der Waals surface area (Å²) in [5.41, 5.74) is 11.2. The molecule has 13 rings (SSSR count). The van der Waals surface area contributed by atoms with Crippen molar-refractivity contribution in [3.63, 3.8) is 0 Å². The molecular weight excluding hydrogens is 693 g/mol. The van der Waals surface area contributed by atoms with Gasteiger partial charge in [0.2, 0.25) is 0 Å². The van der Waals surface area contributed by atoms with Gasteiger partial charge in [0.25, 0.3) is 0 Å². The maximum absolute atomic E-state index is 6.59. The van der Waals surface area contributed by atoms with Crippen LogP contribution in [0.4, 0.5) is 0 Å². The van der Waals surface area contributed by atoms with Crippen molar-refractivity contribution < 1.29 is 4.42 Å². The summed E-state index contributed by atoms with van der Waals surface area (Å²) in [6.45, 7) is 0. The van der Waals surface area contributed by atoms with Crippen LogP contribution < -0.4 is 0 Å². The molecule has 3 aromatic heterocycles. The zero-order valence-corrected chi connectivity index (χ0v) is 30.8. The molecule has 0 aliphatic rings. The van der Waals surface area contributed by atoms with Crippen LogP contribution in [0.1, 0.15) is 0 Å². The molecule has 0 amide bonds. The Balaban J connectivity index is 1.11. The molecule has 0 saturated carbocycles. The van der Waals surface area contributed by atoms with E-state index in [0.29, 0.717) is 0 Å². The van der Waals surface area contributed by atoms with Crippen LogP contribution in [0.2, 0.25) is 0 Å². The number of rotatable bonds is 3. The molecular formula is C54H32N2O. The third-order valence-corrected chi connectivity index (χ3v) is 12.2. The molecule has 0 aliphatic heterocycles. The Morgan fingerprint density at radius 1 is 0.298 bits per heavy atom. The quantitative estimate of drug-likeness (QED) is 0.178. The van der Waals surface area contributed by atoms with E-state index in [0.717, 1.165) is 38.9 Å². The third-order valence-electron chi connectivity index (χ3n) is 12.2. The van der Waals surface area contributed by atoms with Crippen molar-refractivity contribution in [2.24, 2.45) is 0 Å². The van der Waals surface area contributed by atoms with Gasteiger partial charge in [0.05, 0.1) is 22.1 Å². The first-order chi connectivity index (χ1) is 28.3. The minimum Gasteiger partial charge on any atom is -0.456 e. The molecule has 0 saturated heterocycles. The maximum Gasteiger partial charge on any atom is 0.136 e. The van der Waals surface area contributed by atoms with Crippen LogP contribution in [0.25, 0.3) is 120 Å². The second-order valence-corrected chi connectivity index (χ2v) is 15.3. The van der Waals surface area contributed by atoms with Gasteiger partial charge in [-0.05, 0) is 116 Å². The van der Waals surface area contributed by atoms with Crippen molar-refractivity contribution in [2.45, 2.75) is 0 Å². The standard InChI is InChI=1S/C54H32N2O/c1-2-16-38(17-3-1)55-47-25-23-33-12-6-9-19-41(33)52(47)54-49(55)27-26-48-53(54)43-20-10-11-21-46(43)56(48)39-28-36-15-7-8-18-40(36)44(32-39)37-22-24-42-45-29-34-13-4-5-14-35(34)30-51(45)57-50(42)31-37/h1-32H. The van der Waals surface area contributed by atoms with E-state index < -0.39 is 0 Å². The average molecular weight is 725 g/mol. The van der Waals surface area contributed by atoms with Gasteiger partial charge in [0.15, 0.2) is 0 Å². The van der Waals surface area contributed by atoms with E-state index in [1.807, 2.05) is 0 Å². The molecule has 0 N–H and O–H groups in total. The van der Waals surface area contributed by atoms with Crippen LogP contribution in [-0.2, 0) is 0 Å². The topological polar surface area (TPSA) is 23.0 Å². The summed E-state index contributed by atoms with van der Waals surface area (Å²) in [5, 5.41) is 14.7. The lowest BCUT2D eigenvalue weighted by Gasteiger charge is -2.14. The Morgan fingerprint density at radius 3 is 1.72 bits per heavy atom. The summed E-state index contributed by atoms with van der Waals surface area (Å²) in [7, 11) is 0. The lowest BCUT2D eigenvalue weighted by atomic mass is 9.96. The van der Waals surface area contributed by atoms with Gasteiger partial charge >= 0.3 is 0 Å². The zero-order chi connectivity index (χ0) is 37.2. The van der Waals surface area contributed by atoms with Gasteiger partial charge in [0.1, 0.15) is 11.2 Å². The van der Waals surface area contributed by atoms with Gasteiger partial charge in [-0.3, -0.25) is 0 Å². The van der Waals surface area contributed by atoms with Crippen molar-refractivity contribution in [1.82, 2.24) is 9.13 Å². The monoisotopic (exact) mass is 724 g/mol. The Kier molecular flexibility index (Phi) is 6.16. The fraction of sp³-hybridized carbons (Fsp3) is 0. The Labute approximate surface area is 326 Å². The Bertz CT molecular complexity index is 3810. The summed E-state index contributed by atoms with van der Waals surface area (Å²) >= 11 is 0. The molecule has 0 spiro atoms. The number of fused-ring (bicyclic) bond motifs is 14. The van der Waals surface area contributed by atoms with E-state index in [1.165, 1.54) is 81.5 Å². The fourth-order valence-corrected chi connectivity index (χ4v) is 9.75. The van der Waals surface area contributed by atoms with Crippen LogP contribution in [-0.4, -0.2) is 9.13 Å². The van der Waals surface area contributed by atoms with Gasteiger partial charge in [-0.2, -0.15) is 0 Å². The summed E-state index contributed by atoms with van der Waals surface area (Å²) in [6, 6.07) is 70.8. The van der Waals surface area contributed by atoms with Gasteiger partial charge in [-0.15, -0.1) is 0 Å². The third kappa shape index (κ3) is 4.31. The van der Waals surface area contributed by atoms with Gasteiger partial charge in [0, 0.05) is 43.7 Å². The molecule has 0 atom stereocenters. The van der Waals surface area contributed by atoms with Crippen molar-refractivity contribution in [1.29, 1.82) is 0 Å². The minimum atomic E-state index is 0.897. The zero-order valence-electron chi connectivity index (χ0n) is 30.8. The van der Waals surface area contributed by atoms with E-state index in [1.54, 1.807) is 0 Å². The number of para-hydroxylation sites is 2. The highest BCUT2D eigenvalue weighted by Gasteiger charge is 2.22. The number of aromatic nitrogens is 2. The van der Waals surface area contributed by atoms with Crippen LogP contribution in [0.3, 0.4) is 0 Å². The summed E-state index contributed by atoms with van der Waals surface area (Å²) in [4.78, 5) is 0. The molecule has 0 fully saturated rings. The number of benzene rings is 10. The van der Waals surface area contributed by atoms with Gasteiger partial charge in [-0.1, -0.05) is 121 Å². The minimum absolute atomic E-state index is 0.897. The average Bonchev–Trinajstić information content (AvgIpc) is 3.92. The molecule has 0 aliphatic carbocycles. The summed E-state index contributed by atoms with van der Waals surface area (Å²) in [6.07, 6.45) is 0. The molecule has 0 radical (unpaired) electrons. The fourth-order valence-electron chi connectivity index (χ4n) is 9.75. The second kappa shape index (κ2) is 11.5. The van der Waals surface area contributed by atoms with E-state index in [4.69, 9.17) is 4.42 Å². The van der Waals surface area contributed by atoms with Gasteiger partial charge < -0.3 is 13.6 Å². The normalized spacial score (nSPS) is 12.2. The highest BCUT2D eigenvalue weighted by atomic mass is 16.3. The van der Waals surface area contributed by atoms with Crippen molar-refractivity contribution in [3.05, 3.63) is 194 Å². The number of hydrogen-bond donors (Lipinski definition) is 0. The predicted molar refractivity (Wildman–Crippen MR) is 240 cm³/mol. The molecule has 10 aromatic carbocycles. The van der Waals surface area contributed by atoms with Gasteiger partial charge in [-0.25, -0.2) is 0 Å². The van der Waals surface area contributed by atoms with Crippen LogP contribution in [0.5, 0.6) is 0 Å². The molecule has 3 heteroatoms. The molecule has 57 heavy (non-hydrogen) atoms. The smallest absolute Gasteiger partial charge is 0.136 e. The lowest BCUT2D eigenvalue weighted by Crippen LogP contribution is -1.96. The largest absolute Gasteiger partial charge is 0.456 e. The van der Waals surface area contributed by atoms with E-state index in [2.05, 4.69) is 203 Å². The van der Waals surface area contributed by atoms with Crippen LogP contribution >= 0.6 is 0 Å². The lowest BCUT2D eigenvalue weighted by molar-refractivity contribution is 0.669. The maximum atomic E-state index is 6.59. The molecule has 264 valence electrons. The van der Waals surface area contributed by atoms with Crippen LogP contribution in [0, 0.1) is 0 Å².